The van der Waals surface area contributed by atoms with E-state index in [1.807, 2.05) is 0 Å². The van der Waals surface area contributed by atoms with Crippen LogP contribution in [0.4, 0.5) is 18.9 Å². The van der Waals surface area contributed by atoms with Gasteiger partial charge < -0.3 is 10.8 Å². The Bertz CT molecular complexity index is 559. The molecule has 0 aliphatic carbocycles. The molecule has 0 radical (unpaired) electrons. The van der Waals surface area contributed by atoms with Crippen LogP contribution in [0.5, 0.6) is 0 Å². The number of aromatic carboxylic acids is 1. The summed E-state index contributed by atoms with van der Waals surface area (Å²) in [6.45, 7) is 0. The van der Waals surface area contributed by atoms with Crippen LogP contribution in [-0.4, -0.2) is 22.5 Å². The molecule has 1 aromatic carbocycles. The monoisotopic (exact) mass is 294 g/mol. The van der Waals surface area contributed by atoms with Gasteiger partial charge in [-0.3, -0.25) is 4.79 Å². The van der Waals surface area contributed by atoms with Crippen LogP contribution in [0.3, 0.4) is 0 Å². The van der Waals surface area contributed by atoms with Crippen LogP contribution in [0.15, 0.2) is 22.2 Å². The van der Waals surface area contributed by atoms with Crippen LogP contribution in [0, 0.1) is 4.91 Å². The first kappa shape index (κ1) is 15.0. The summed E-state index contributed by atoms with van der Waals surface area (Å²) in [5, 5.41) is 11.2. The molecule has 0 heterocycles. The molecule has 6 nitrogen and oxygen atoms in total. The zero-order chi connectivity index (χ0) is 14.8. The predicted octanol–water partition coefficient (Wildman–Crippen LogP) is 2.49. The third-order valence-corrected chi connectivity index (χ3v) is 2.78. The Balaban J connectivity index is 3.62. The second-order valence-corrected chi connectivity index (χ2v) is 4.22. The van der Waals surface area contributed by atoms with E-state index in [0.29, 0.717) is 0 Å². The smallest absolute Gasteiger partial charge is 0.446 e. The summed E-state index contributed by atoms with van der Waals surface area (Å²) in [6, 6.07) is 1.64. The van der Waals surface area contributed by atoms with E-state index in [9.17, 15) is 27.7 Å². The van der Waals surface area contributed by atoms with Gasteiger partial charge in [-0.15, -0.1) is 4.91 Å². The third-order valence-electron chi connectivity index (χ3n) is 1.93. The summed E-state index contributed by atoms with van der Waals surface area (Å²) in [4.78, 5) is 31.4. The van der Waals surface area contributed by atoms with Crippen molar-refractivity contribution in [3.8, 4) is 0 Å². The van der Waals surface area contributed by atoms with Gasteiger partial charge in [0, 0.05) is 0 Å². The molecule has 0 spiro atoms. The fraction of sp³-hybridized carbons (Fsp3) is 0.111. The van der Waals surface area contributed by atoms with Crippen molar-refractivity contribution in [3.05, 3.63) is 28.2 Å². The summed E-state index contributed by atoms with van der Waals surface area (Å²) >= 11 is -0.844. The highest BCUT2D eigenvalue weighted by Gasteiger charge is 2.35. The summed E-state index contributed by atoms with van der Waals surface area (Å²) < 4.78 is 37.0. The van der Waals surface area contributed by atoms with E-state index in [0.717, 1.165) is 12.1 Å². The average Bonchev–Trinajstić information content (AvgIpc) is 2.25. The topological polar surface area (TPSA) is 110 Å². The number of halogens is 3. The van der Waals surface area contributed by atoms with E-state index in [1.54, 1.807) is 0 Å². The minimum atomic E-state index is -4.85. The third kappa shape index (κ3) is 3.44. The number of hydrogen-bond donors (Lipinski definition) is 2. The number of alkyl halides is 3. The first-order valence-corrected chi connectivity index (χ1v) is 5.28. The van der Waals surface area contributed by atoms with Crippen molar-refractivity contribution in [3.63, 3.8) is 0 Å². The van der Waals surface area contributed by atoms with Gasteiger partial charge in [0.25, 0.3) is 0 Å². The lowest BCUT2D eigenvalue weighted by Gasteiger charge is -2.12. The molecule has 19 heavy (non-hydrogen) atoms. The average molecular weight is 294 g/mol. The van der Waals surface area contributed by atoms with Crippen molar-refractivity contribution in [2.75, 3.05) is 0 Å². The van der Waals surface area contributed by atoms with Gasteiger partial charge in [-0.25, -0.2) is 4.79 Å². The SMILES string of the molecule is NC(=O)c1ccc(N=O)c(SC(F)(F)F)c1C(=O)O. The molecule has 0 aliphatic heterocycles. The number of nitrogens with zero attached hydrogens (tertiary/aromatic N) is 1. The first-order chi connectivity index (χ1) is 8.67. The standard InChI is InChI=1S/C9H5F3N2O4S/c10-9(11,12)19-6-4(14-18)2-1-3(7(13)15)5(6)8(16)17/h1-2H,(H2,13,15)(H,16,17). The molecule has 0 aromatic heterocycles. The Morgan fingerprint density at radius 3 is 2.26 bits per heavy atom. The number of nitrogens with two attached hydrogens (primary N) is 1. The molecule has 102 valence electrons. The minimum absolute atomic E-state index is 0.633. The Kier molecular flexibility index (Phi) is 4.14. The molecular weight excluding hydrogens is 289 g/mol. The van der Waals surface area contributed by atoms with Crippen molar-refractivity contribution in [1.29, 1.82) is 0 Å². The van der Waals surface area contributed by atoms with Crippen LogP contribution in [-0.2, 0) is 0 Å². The van der Waals surface area contributed by atoms with Crippen molar-refractivity contribution < 1.29 is 27.9 Å². The molecule has 0 saturated heterocycles. The number of hydrogen-bond acceptors (Lipinski definition) is 5. The summed E-state index contributed by atoms with van der Waals surface area (Å²) in [5.41, 5.74) is -2.33. The Morgan fingerprint density at radius 1 is 1.32 bits per heavy atom. The Hall–Kier alpha value is -2.10. The van der Waals surface area contributed by atoms with Crippen LogP contribution in [0.1, 0.15) is 20.7 Å². The van der Waals surface area contributed by atoms with Gasteiger partial charge in [-0.2, -0.15) is 13.2 Å². The van der Waals surface area contributed by atoms with Crippen molar-refractivity contribution in [1.82, 2.24) is 0 Å². The molecule has 10 heteroatoms. The number of nitroso groups, excluding NO2 is 1. The number of amides is 1. The van der Waals surface area contributed by atoms with Crippen LogP contribution < -0.4 is 5.73 Å². The molecular formula is C9H5F3N2O4S. The van der Waals surface area contributed by atoms with E-state index in [2.05, 4.69) is 5.18 Å². The largest absolute Gasteiger partial charge is 0.478 e. The summed E-state index contributed by atoms with van der Waals surface area (Å²) in [5.74, 6) is -3.04. The maximum Gasteiger partial charge on any atom is 0.446 e. The number of carboxylic acids is 1. The maximum atomic E-state index is 12.3. The molecule has 0 saturated carbocycles. The number of carbonyl (C=O) groups excluding carboxylic acids is 1. The second-order valence-electron chi connectivity index (χ2n) is 3.14. The molecule has 0 fully saturated rings. The predicted molar refractivity (Wildman–Crippen MR) is 59.3 cm³/mol. The van der Waals surface area contributed by atoms with E-state index in [-0.39, 0.29) is 0 Å². The molecule has 0 bridgehead atoms. The van der Waals surface area contributed by atoms with E-state index >= 15 is 0 Å². The fourth-order valence-electron chi connectivity index (χ4n) is 1.28. The molecule has 0 aliphatic rings. The molecule has 1 rings (SSSR count). The van der Waals surface area contributed by atoms with E-state index in [1.165, 1.54) is 0 Å². The lowest BCUT2D eigenvalue weighted by Crippen LogP contribution is -2.17. The van der Waals surface area contributed by atoms with Crippen molar-refractivity contribution >= 4 is 29.3 Å². The first-order valence-electron chi connectivity index (χ1n) is 4.46. The van der Waals surface area contributed by atoms with Gasteiger partial charge in [-0.05, 0) is 29.1 Å². The minimum Gasteiger partial charge on any atom is -0.478 e. The highest BCUT2D eigenvalue weighted by Crippen LogP contribution is 2.44. The van der Waals surface area contributed by atoms with Gasteiger partial charge in [0.05, 0.1) is 16.0 Å². The fourth-order valence-corrected chi connectivity index (χ4v) is 2.02. The van der Waals surface area contributed by atoms with Crippen molar-refractivity contribution in [2.45, 2.75) is 10.4 Å². The van der Waals surface area contributed by atoms with E-state index < -0.39 is 50.9 Å². The zero-order valence-electron chi connectivity index (χ0n) is 8.89. The summed E-state index contributed by atoms with van der Waals surface area (Å²) in [6.07, 6.45) is 0. The molecule has 1 aromatic rings. The number of carboxylic acid groups (broad SMARTS) is 1. The van der Waals surface area contributed by atoms with Crippen LogP contribution in [0.25, 0.3) is 0 Å². The molecule has 0 atom stereocenters. The second kappa shape index (κ2) is 5.26. The van der Waals surface area contributed by atoms with Gasteiger partial charge in [-0.1, -0.05) is 0 Å². The number of carbonyl (C=O) groups is 2. The number of rotatable bonds is 4. The lowest BCUT2D eigenvalue weighted by atomic mass is 10.1. The van der Waals surface area contributed by atoms with Gasteiger partial charge in [0.2, 0.25) is 5.91 Å². The van der Waals surface area contributed by atoms with Crippen molar-refractivity contribution in [2.24, 2.45) is 10.9 Å². The van der Waals surface area contributed by atoms with E-state index in [4.69, 9.17) is 10.8 Å². The Morgan fingerprint density at radius 2 is 1.89 bits per heavy atom. The molecule has 1 amide bonds. The van der Waals surface area contributed by atoms with Gasteiger partial charge in [0.15, 0.2) is 0 Å². The molecule has 0 unspecified atom stereocenters. The quantitative estimate of drug-likeness (QED) is 0.654. The number of primary amides is 1. The summed E-state index contributed by atoms with van der Waals surface area (Å²) in [7, 11) is 0. The molecule has 3 N–H and O–H groups in total. The Labute approximate surface area is 107 Å². The zero-order valence-corrected chi connectivity index (χ0v) is 9.71. The highest BCUT2D eigenvalue weighted by atomic mass is 32.2. The van der Waals surface area contributed by atoms with Gasteiger partial charge >= 0.3 is 11.5 Å². The van der Waals surface area contributed by atoms with Gasteiger partial charge in [0.1, 0.15) is 5.69 Å². The lowest BCUT2D eigenvalue weighted by molar-refractivity contribution is -0.0328. The number of thioether (sulfide) groups is 1. The van der Waals surface area contributed by atoms with Crippen LogP contribution >= 0.6 is 11.8 Å². The highest BCUT2D eigenvalue weighted by molar-refractivity contribution is 8.00. The number of benzene rings is 1. The normalized spacial score (nSPS) is 11.1. The van der Waals surface area contributed by atoms with Crippen LogP contribution in [0.2, 0.25) is 0 Å². The maximum absolute atomic E-state index is 12.3.